The van der Waals surface area contributed by atoms with Crippen LogP contribution in [-0.4, -0.2) is 33.7 Å². The number of methoxy groups -OCH3 is 1. The number of nitrogens with zero attached hydrogens (tertiary/aromatic N) is 1. The zero-order chi connectivity index (χ0) is 20.9. The lowest BCUT2D eigenvalue weighted by Crippen LogP contribution is -2.47. The van der Waals surface area contributed by atoms with Crippen LogP contribution < -0.4 is 14.4 Å². The van der Waals surface area contributed by atoms with Crippen LogP contribution in [0.1, 0.15) is 38.7 Å². The van der Waals surface area contributed by atoms with Crippen molar-refractivity contribution < 1.29 is 17.9 Å². The topological polar surface area (TPSA) is 75.7 Å². The van der Waals surface area contributed by atoms with Crippen molar-refractivity contribution in [1.82, 2.24) is 0 Å². The Hall–Kier alpha value is -2.54. The van der Waals surface area contributed by atoms with Gasteiger partial charge in [-0.25, -0.2) is 8.42 Å². The van der Waals surface area contributed by atoms with E-state index in [0.717, 1.165) is 10.6 Å². The van der Waals surface area contributed by atoms with Crippen molar-refractivity contribution in [1.29, 1.82) is 0 Å². The number of carbonyl (C=O) groups is 1. The van der Waals surface area contributed by atoms with Gasteiger partial charge in [-0.2, -0.15) is 0 Å². The second kappa shape index (κ2) is 9.10. The normalized spacial score (nSPS) is 12.5. The minimum absolute atomic E-state index is 0.320. The first-order valence-electron chi connectivity index (χ1n) is 9.21. The van der Waals surface area contributed by atoms with Crippen LogP contribution >= 0.6 is 0 Å². The molecule has 6 nitrogen and oxygen atoms in total. The maximum absolute atomic E-state index is 12.9. The molecule has 7 heteroatoms. The summed E-state index contributed by atoms with van der Waals surface area (Å²) in [6.07, 6.45) is 1.42. The largest absolute Gasteiger partial charge is 0.497 e. The molecular formula is C21H28N2O4S. The summed E-state index contributed by atoms with van der Waals surface area (Å²) >= 11 is 0. The molecule has 2 rings (SSSR count). The molecule has 0 saturated heterocycles. The number of amides is 1. The molecular weight excluding hydrogens is 376 g/mol. The summed E-state index contributed by atoms with van der Waals surface area (Å²) in [5.41, 5.74) is 2.19. The predicted molar refractivity (Wildman–Crippen MR) is 114 cm³/mol. The van der Waals surface area contributed by atoms with E-state index in [1.807, 2.05) is 24.3 Å². The average Bonchev–Trinajstić information content (AvgIpc) is 2.65. The van der Waals surface area contributed by atoms with E-state index in [-0.39, 0.29) is 5.91 Å². The van der Waals surface area contributed by atoms with Crippen LogP contribution in [0, 0.1) is 0 Å². The number of sulfonamides is 1. The molecule has 2 aromatic carbocycles. The van der Waals surface area contributed by atoms with Gasteiger partial charge in [0.25, 0.3) is 0 Å². The molecule has 0 saturated carbocycles. The van der Waals surface area contributed by atoms with Crippen molar-refractivity contribution in [2.24, 2.45) is 0 Å². The second-order valence-electron chi connectivity index (χ2n) is 6.95. The molecule has 0 aliphatic carbocycles. The van der Waals surface area contributed by atoms with Gasteiger partial charge < -0.3 is 10.1 Å². The summed E-state index contributed by atoms with van der Waals surface area (Å²) in [4.78, 5) is 12.9. The fourth-order valence-electron chi connectivity index (χ4n) is 2.98. The third-order valence-corrected chi connectivity index (χ3v) is 5.66. The van der Waals surface area contributed by atoms with Crippen LogP contribution in [0.2, 0.25) is 0 Å². The Balaban J connectivity index is 2.33. The van der Waals surface area contributed by atoms with E-state index in [0.29, 0.717) is 29.5 Å². The summed E-state index contributed by atoms with van der Waals surface area (Å²) in [5, 5.41) is 2.83. The average molecular weight is 405 g/mol. The molecule has 1 N–H and O–H groups in total. The summed E-state index contributed by atoms with van der Waals surface area (Å²) in [7, 11) is -2.18. The van der Waals surface area contributed by atoms with Gasteiger partial charge in [0, 0.05) is 11.8 Å². The van der Waals surface area contributed by atoms with Crippen LogP contribution in [0.25, 0.3) is 0 Å². The molecule has 1 amide bonds. The molecule has 0 heterocycles. The standard InChI is InChI=1S/C21H28N2O4S/c1-6-20(21(24)22-17-12-10-16(11-13-17)15(2)3)23(28(5,25)26)18-8-7-9-19(14-18)27-4/h7-15,20H,6H2,1-5H3,(H,22,24)/t20-/m0/s1. The monoisotopic (exact) mass is 404 g/mol. The lowest BCUT2D eigenvalue weighted by atomic mass is 10.0. The lowest BCUT2D eigenvalue weighted by molar-refractivity contribution is -0.117. The van der Waals surface area contributed by atoms with Crippen molar-refractivity contribution in [2.45, 2.75) is 39.2 Å². The summed E-state index contributed by atoms with van der Waals surface area (Å²) in [6, 6.07) is 13.4. The molecule has 0 bridgehead atoms. The van der Waals surface area contributed by atoms with Gasteiger partial charge in [-0.15, -0.1) is 0 Å². The van der Waals surface area contributed by atoms with E-state index >= 15 is 0 Å². The van der Waals surface area contributed by atoms with Gasteiger partial charge in [0.05, 0.1) is 19.1 Å². The molecule has 0 aliphatic rings. The first-order chi connectivity index (χ1) is 13.2. The number of hydrogen-bond donors (Lipinski definition) is 1. The quantitative estimate of drug-likeness (QED) is 0.721. The Labute approximate surface area is 167 Å². The van der Waals surface area contributed by atoms with E-state index in [1.165, 1.54) is 12.7 Å². The van der Waals surface area contributed by atoms with Crippen molar-refractivity contribution in [2.75, 3.05) is 23.0 Å². The molecule has 152 valence electrons. The number of nitrogens with one attached hydrogen (secondary N) is 1. The van der Waals surface area contributed by atoms with Crippen molar-refractivity contribution in [3.63, 3.8) is 0 Å². The van der Waals surface area contributed by atoms with E-state index in [9.17, 15) is 13.2 Å². The van der Waals surface area contributed by atoms with Crippen molar-refractivity contribution >= 4 is 27.3 Å². The summed E-state index contributed by atoms with van der Waals surface area (Å²) < 4.78 is 31.4. The number of ether oxygens (including phenoxy) is 1. The van der Waals surface area contributed by atoms with Gasteiger partial charge in [0.15, 0.2) is 0 Å². The van der Waals surface area contributed by atoms with Gasteiger partial charge in [0.2, 0.25) is 15.9 Å². The van der Waals surface area contributed by atoms with Gasteiger partial charge in [0.1, 0.15) is 11.8 Å². The molecule has 28 heavy (non-hydrogen) atoms. The fourth-order valence-corrected chi connectivity index (χ4v) is 4.19. The van der Waals surface area contributed by atoms with Crippen LogP contribution in [0.15, 0.2) is 48.5 Å². The Morgan fingerprint density at radius 2 is 1.79 bits per heavy atom. The Morgan fingerprint density at radius 1 is 1.14 bits per heavy atom. The number of rotatable bonds is 8. The van der Waals surface area contributed by atoms with Gasteiger partial charge in [-0.05, 0) is 42.2 Å². The van der Waals surface area contributed by atoms with E-state index in [1.54, 1.807) is 31.2 Å². The fraction of sp³-hybridized carbons (Fsp3) is 0.381. The van der Waals surface area contributed by atoms with E-state index in [2.05, 4.69) is 19.2 Å². The Kier molecular flexibility index (Phi) is 7.07. The third-order valence-electron chi connectivity index (χ3n) is 4.48. The predicted octanol–water partition coefficient (Wildman–Crippen LogP) is 4.00. The first kappa shape index (κ1) is 21.8. The van der Waals surface area contributed by atoms with E-state index < -0.39 is 16.1 Å². The van der Waals surface area contributed by atoms with Gasteiger partial charge in [-0.3, -0.25) is 9.10 Å². The number of anilines is 2. The van der Waals surface area contributed by atoms with Crippen LogP contribution in [0.3, 0.4) is 0 Å². The number of carbonyl (C=O) groups excluding carboxylic acids is 1. The van der Waals surface area contributed by atoms with Crippen LogP contribution in [0.5, 0.6) is 5.75 Å². The van der Waals surface area contributed by atoms with Crippen LogP contribution in [0.4, 0.5) is 11.4 Å². The second-order valence-corrected chi connectivity index (χ2v) is 8.81. The minimum Gasteiger partial charge on any atom is -0.497 e. The highest BCUT2D eigenvalue weighted by Crippen LogP contribution is 2.27. The van der Waals surface area contributed by atoms with Crippen molar-refractivity contribution in [3.05, 3.63) is 54.1 Å². The highest BCUT2D eigenvalue weighted by molar-refractivity contribution is 7.92. The maximum atomic E-state index is 12.9. The maximum Gasteiger partial charge on any atom is 0.248 e. The lowest BCUT2D eigenvalue weighted by Gasteiger charge is -2.30. The molecule has 0 radical (unpaired) electrons. The highest BCUT2D eigenvalue weighted by atomic mass is 32.2. The molecule has 1 atom stereocenters. The first-order valence-corrected chi connectivity index (χ1v) is 11.1. The molecule has 0 aromatic heterocycles. The SMILES string of the molecule is CC[C@@H](C(=O)Nc1ccc(C(C)C)cc1)N(c1cccc(OC)c1)S(C)(=O)=O. The van der Waals surface area contributed by atoms with E-state index in [4.69, 9.17) is 4.74 Å². The summed E-state index contributed by atoms with van der Waals surface area (Å²) in [5.74, 6) is 0.528. The zero-order valence-electron chi connectivity index (χ0n) is 17.0. The van der Waals surface area contributed by atoms with Crippen LogP contribution in [-0.2, 0) is 14.8 Å². The van der Waals surface area contributed by atoms with Crippen molar-refractivity contribution in [3.8, 4) is 5.75 Å². The smallest absolute Gasteiger partial charge is 0.248 e. The molecule has 0 unspecified atom stereocenters. The van der Waals surface area contributed by atoms with Gasteiger partial charge in [-0.1, -0.05) is 39.0 Å². The highest BCUT2D eigenvalue weighted by Gasteiger charge is 2.31. The van der Waals surface area contributed by atoms with Gasteiger partial charge >= 0.3 is 0 Å². The third kappa shape index (κ3) is 5.25. The summed E-state index contributed by atoms with van der Waals surface area (Å²) in [6.45, 7) is 5.97. The Morgan fingerprint density at radius 3 is 2.29 bits per heavy atom. The number of hydrogen-bond acceptors (Lipinski definition) is 4. The molecule has 0 spiro atoms. The number of benzene rings is 2. The zero-order valence-corrected chi connectivity index (χ0v) is 17.8. The molecule has 2 aromatic rings. The minimum atomic E-state index is -3.69. The Bertz CT molecular complexity index is 908. The molecule has 0 fully saturated rings. The molecule has 0 aliphatic heterocycles.